The highest BCUT2D eigenvalue weighted by molar-refractivity contribution is 5.94. The lowest BCUT2D eigenvalue weighted by atomic mass is 10.0. The van der Waals surface area contributed by atoms with Crippen molar-refractivity contribution < 1.29 is 18.7 Å². The van der Waals surface area contributed by atoms with Crippen molar-refractivity contribution in [2.75, 3.05) is 33.3 Å². The highest BCUT2D eigenvalue weighted by Gasteiger charge is 2.46. The van der Waals surface area contributed by atoms with E-state index >= 15 is 0 Å². The molecule has 1 aliphatic carbocycles. The van der Waals surface area contributed by atoms with Gasteiger partial charge in [0.1, 0.15) is 29.6 Å². The molecule has 2 amide bonds. The Morgan fingerprint density at radius 1 is 1.14 bits per heavy atom. The van der Waals surface area contributed by atoms with Crippen LogP contribution in [0.3, 0.4) is 0 Å². The van der Waals surface area contributed by atoms with Crippen LogP contribution in [0.2, 0.25) is 0 Å². The Hall–Kier alpha value is -3.59. The number of rotatable bonds is 8. The largest absolute Gasteiger partial charge is 0.497 e. The summed E-state index contributed by atoms with van der Waals surface area (Å²) in [6, 6.07) is 9.50. The Morgan fingerprint density at radius 2 is 1.86 bits per heavy atom. The van der Waals surface area contributed by atoms with Crippen molar-refractivity contribution in [1.29, 1.82) is 0 Å². The van der Waals surface area contributed by atoms with E-state index in [1.54, 1.807) is 19.4 Å². The van der Waals surface area contributed by atoms with Crippen LogP contribution in [-0.4, -0.2) is 64.5 Å². The summed E-state index contributed by atoms with van der Waals surface area (Å²) in [5, 5.41) is 3.16. The number of carbonyl (C=O) groups excluding carboxylic acids is 2. The first-order valence-corrected chi connectivity index (χ1v) is 13.0. The third-order valence-corrected chi connectivity index (χ3v) is 7.90. The van der Waals surface area contributed by atoms with Gasteiger partial charge in [-0.05, 0) is 55.4 Å². The molecule has 6 rings (SSSR count). The molecule has 3 unspecified atom stereocenters. The van der Waals surface area contributed by atoms with Crippen molar-refractivity contribution in [3.63, 3.8) is 0 Å². The van der Waals surface area contributed by atoms with Gasteiger partial charge in [0, 0.05) is 51.2 Å². The van der Waals surface area contributed by atoms with Gasteiger partial charge in [-0.3, -0.25) is 14.5 Å². The molecule has 3 aromatic rings. The number of aryl methyl sites for hydroxylation is 1. The standard InChI is InChI=1S/C28H33N5O4/c1-18-11-20(17-37-18)28(35)32-15-21-13-31(14-22(21)16-32)25(26-29-9-10-33(26)23-5-6-23)27(34)30-12-19-3-7-24(36-2)8-4-19/h3-4,7-11,17,21-23,25H,5-6,12-16H2,1-2H3,(H,30,34). The lowest BCUT2D eigenvalue weighted by Gasteiger charge is -2.29. The number of methoxy groups -OCH3 is 1. The fraction of sp³-hybridized carbons (Fsp3) is 0.464. The van der Waals surface area contributed by atoms with Crippen LogP contribution < -0.4 is 10.1 Å². The quantitative estimate of drug-likeness (QED) is 0.508. The Bertz CT molecular complexity index is 1260. The van der Waals surface area contributed by atoms with Crippen LogP contribution in [0.15, 0.2) is 53.4 Å². The topological polar surface area (TPSA) is 92.8 Å². The van der Waals surface area contributed by atoms with Gasteiger partial charge in [0.15, 0.2) is 0 Å². The van der Waals surface area contributed by atoms with Crippen molar-refractivity contribution in [3.8, 4) is 5.75 Å². The molecular formula is C28H33N5O4. The van der Waals surface area contributed by atoms with Gasteiger partial charge in [-0.2, -0.15) is 0 Å². The molecule has 1 aromatic carbocycles. The molecule has 2 aliphatic heterocycles. The minimum Gasteiger partial charge on any atom is -0.497 e. The van der Waals surface area contributed by atoms with Crippen LogP contribution >= 0.6 is 0 Å². The fourth-order valence-electron chi connectivity index (χ4n) is 5.82. The van der Waals surface area contributed by atoms with Gasteiger partial charge in [-0.15, -0.1) is 0 Å². The zero-order valence-electron chi connectivity index (χ0n) is 21.3. The maximum Gasteiger partial charge on any atom is 0.257 e. The van der Waals surface area contributed by atoms with E-state index in [-0.39, 0.29) is 11.8 Å². The van der Waals surface area contributed by atoms with Gasteiger partial charge in [-0.25, -0.2) is 4.98 Å². The van der Waals surface area contributed by atoms with Crippen molar-refractivity contribution in [2.45, 2.75) is 38.4 Å². The van der Waals surface area contributed by atoms with E-state index in [9.17, 15) is 9.59 Å². The van der Waals surface area contributed by atoms with Gasteiger partial charge in [-0.1, -0.05) is 12.1 Å². The normalized spacial score (nSPS) is 22.2. The number of fused-ring (bicyclic) bond motifs is 1. The molecule has 9 nitrogen and oxygen atoms in total. The highest BCUT2D eigenvalue weighted by Crippen LogP contribution is 2.40. The molecule has 0 spiro atoms. The zero-order valence-corrected chi connectivity index (χ0v) is 21.3. The maximum atomic E-state index is 13.7. The number of nitrogens with zero attached hydrogens (tertiary/aromatic N) is 4. The molecule has 0 radical (unpaired) electrons. The number of ether oxygens (including phenoxy) is 1. The Morgan fingerprint density at radius 3 is 2.49 bits per heavy atom. The number of hydrogen-bond acceptors (Lipinski definition) is 6. The molecule has 1 saturated carbocycles. The molecule has 3 aliphatic rings. The average Bonchev–Trinajstić information content (AvgIpc) is 3.21. The van der Waals surface area contributed by atoms with Crippen LogP contribution in [0.25, 0.3) is 0 Å². The lowest BCUT2D eigenvalue weighted by Crippen LogP contribution is -2.42. The number of aromatic nitrogens is 2. The molecule has 3 fully saturated rings. The molecule has 9 heteroatoms. The number of imidazole rings is 1. The van der Waals surface area contributed by atoms with Crippen molar-refractivity contribution in [2.24, 2.45) is 11.8 Å². The summed E-state index contributed by atoms with van der Waals surface area (Å²) in [6.45, 7) is 5.20. The summed E-state index contributed by atoms with van der Waals surface area (Å²) in [5.41, 5.74) is 1.62. The second-order valence-corrected chi connectivity index (χ2v) is 10.5. The lowest BCUT2D eigenvalue weighted by molar-refractivity contribution is -0.127. The molecular weight excluding hydrogens is 470 g/mol. The molecule has 4 heterocycles. The molecule has 1 N–H and O–H groups in total. The second kappa shape index (κ2) is 9.70. The van der Waals surface area contributed by atoms with Crippen LogP contribution in [0.5, 0.6) is 5.75 Å². The molecule has 2 aromatic heterocycles. The Kier molecular flexibility index (Phi) is 6.24. The summed E-state index contributed by atoms with van der Waals surface area (Å²) < 4.78 is 12.8. The Labute approximate surface area is 216 Å². The van der Waals surface area contributed by atoms with E-state index in [1.807, 2.05) is 48.5 Å². The van der Waals surface area contributed by atoms with E-state index in [1.165, 1.54) is 0 Å². The summed E-state index contributed by atoms with van der Waals surface area (Å²) in [5.74, 6) is 3.00. The number of likely N-dealkylation sites (tertiary alicyclic amines) is 2. The van der Waals surface area contributed by atoms with E-state index in [2.05, 4.69) is 19.8 Å². The second-order valence-electron chi connectivity index (χ2n) is 10.5. The van der Waals surface area contributed by atoms with Gasteiger partial charge >= 0.3 is 0 Å². The van der Waals surface area contributed by atoms with Crippen molar-refractivity contribution >= 4 is 11.8 Å². The van der Waals surface area contributed by atoms with Gasteiger partial charge in [0.2, 0.25) is 5.91 Å². The highest BCUT2D eigenvalue weighted by atomic mass is 16.5. The van der Waals surface area contributed by atoms with E-state index < -0.39 is 6.04 Å². The van der Waals surface area contributed by atoms with E-state index in [0.717, 1.165) is 48.8 Å². The Balaban J connectivity index is 1.16. The number of carbonyl (C=O) groups is 2. The zero-order chi connectivity index (χ0) is 25.5. The van der Waals surface area contributed by atoms with Gasteiger partial charge < -0.3 is 23.9 Å². The van der Waals surface area contributed by atoms with Crippen LogP contribution in [0, 0.1) is 18.8 Å². The minimum absolute atomic E-state index is 0.0239. The summed E-state index contributed by atoms with van der Waals surface area (Å²) in [4.78, 5) is 35.5. The maximum absolute atomic E-state index is 13.7. The number of benzene rings is 1. The summed E-state index contributed by atoms with van der Waals surface area (Å²) in [7, 11) is 1.64. The smallest absolute Gasteiger partial charge is 0.257 e. The van der Waals surface area contributed by atoms with Crippen LogP contribution in [-0.2, 0) is 11.3 Å². The van der Waals surface area contributed by atoms with E-state index in [0.29, 0.717) is 43.1 Å². The molecule has 37 heavy (non-hydrogen) atoms. The van der Waals surface area contributed by atoms with Crippen LogP contribution in [0.4, 0.5) is 0 Å². The predicted molar refractivity (Wildman–Crippen MR) is 136 cm³/mol. The molecule has 3 atom stereocenters. The number of nitrogens with one attached hydrogen (secondary N) is 1. The third-order valence-electron chi connectivity index (χ3n) is 7.90. The first kappa shape index (κ1) is 23.8. The SMILES string of the molecule is COc1ccc(CNC(=O)C(c2nccn2C2CC2)N2CC3CN(C(=O)c4coc(C)c4)CC3C2)cc1. The number of hydrogen-bond donors (Lipinski definition) is 1. The molecule has 194 valence electrons. The third kappa shape index (κ3) is 4.75. The average molecular weight is 504 g/mol. The molecule has 2 saturated heterocycles. The summed E-state index contributed by atoms with van der Waals surface area (Å²) >= 11 is 0. The number of amides is 2. The first-order valence-electron chi connectivity index (χ1n) is 13.0. The monoisotopic (exact) mass is 503 g/mol. The van der Waals surface area contributed by atoms with Gasteiger partial charge in [0.25, 0.3) is 5.91 Å². The van der Waals surface area contributed by atoms with Crippen LogP contribution in [0.1, 0.15) is 52.4 Å². The van der Waals surface area contributed by atoms with E-state index in [4.69, 9.17) is 9.15 Å². The first-order chi connectivity index (χ1) is 18.0. The van der Waals surface area contributed by atoms with Gasteiger partial charge in [0.05, 0.1) is 12.7 Å². The van der Waals surface area contributed by atoms with Crippen molar-refractivity contribution in [1.82, 2.24) is 24.7 Å². The van der Waals surface area contributed by atoms with Crippen molar-refractivity contribution in [3.05, 3.63) is 71.7 Å². The molecule has 0 bridgehead atoms. The predicted octanol–water partition coefficient (Wildman–Crippen LogP) is 3.19. The minimum atomic E-state index is -0.458. The number of furan rings is 1. The fourth-order valence-corrected chi connectivity index (χ4v) is 5.82. The summed E-state index contributed by atoms with van der Waals surface area (Å²) in [6.07, 6.45) is 7.60.